The van der Waals surface area contributed by atoms with Gasteiger partial charge in [0.2, 0.25) is 0 Å². The second-order valence-corrected chi connectivity index (χ2v) is 6.31. The van der Waals surface area contributed by atoms with Crippen LogP contribution in [0.3, 0.4) is 0 Å². The van der Waals surface area contributed by atoms with Crippen molar-refractivity contribution in [2.75, 3.05) is 0 Å². The Morgan fingerprint density at radius 2 is 1.50 bits per heavy atom. The molecule has 0 aromatic carbocycles. The SMILES string of the molecule is CC(N)[CH]C12CC3CC(CC(C3)C1)C2. The van der Waals surface area contributed by atoms with Gasteiger partial charge in [-0.05, 0) is 75.0 Å². The highest BCUT2D eigenvalue weighted by atomic mass is 14.6. The molecule has 0 aromatic heterocycles. The Morgan fingerprint density at radius 3 is 1.86 bits per heavy atom. The first-order valence-corrected chi connectivity index (χ1v) is 6.27. The lowest BCUT2D eigenvalue weighted by atomic mass is 9.48. The molecule has 14 heavy (non-hydrogen) atoms. The third-order valence-corrected chi connectivity index (χ3v) is 4.70. The number of nitrogens with two attached hydrogens (primary N) is 1. The molecule has 4 fully saturated rings. The molecular weight excluding hydrogens is 170 g/mol. The van der Waals surface area contributed by atoms with E-state index in [-0.39, 0.29) is 0 Å². The van der Waals surface area contributed by atoms with Crippen LogP contribution in [0.15, 0.2) is 0 Å². The normalized spacial score (nSPS) is 52.3. The molecule has 4 saturated carbocycles. The van der Waals surface area contributed by atoms with Crippen molar-refractivity contribution in [3.8, 4) is 0 Å². The molecule has 1 radical (unpaired) electrons. The van der Waals surface area contributed by atoms with Gasteiger partial charge in [0.15, 0.2) is 0 Å². The summed E-state index contributed by atoms with van der Waals surface area (Å²) in [5.41, 5.74) is 6.53. The maximum absolute atomic E-state index is 5.96. The first-order valence-electron chi connectivity index (χ1n) is 6.27. The minimum absolute atomic E-state index is 0.297. The molecule has 4 aliphatic carbocycles. The van der Waals surface area contributed by atoms with Crippen molar-refractivity contribution in [2.24, 2.45) is 28.9 Å². The number of hydrogen-bond donors (Lipinski definition) is 1. The molecule has 0 aliphatic heterocycles. The summed E-state index contributed by atoms with van der Waals surface area (Å²) in [6, 6.07) is 0.297. The van der Waals surface area contributed by atoms with Gasteiger partial charge in [0.1, 0.15) is 0 Å². The third-order valence-electron chi connectivity index (χ3n) is 4.70. The lowest BCUT2D eigenvalue weighted by Crippen LogP contribution is -2.48. The molecule has 4 rings (SSSR count). The average molecular weight is 192 g/mol. The molecule has 0 saturated heterocycles. The van der Waals surface area contributed by atoms with Crippen LogP contribution in [0.2, 0.25) is 0 Å². The van der Waals surface area contributed by atoms with Crippen molar-refractivity contribution in [1.29, 1.82) is 0 Å². The largest absolute Gasteiger partial charge is 0.328 e. The second-order valence-electron chi connectivity index (χ2n) is 6.31. The van der Waals surface area contributed by atoms with Crippen molar-refractivity contribution in [3.05, 3.63) is 6.42 Å². The van der Waals surface area contributed by atoms with E-state index in [0.717, 1.165) is 17.8 Å². The molecule has 0 amide bonds. The van der Waals surface area contributed by atoms with Gasteiger partial charge in [-0.2, -0.15) is 0 Å². The van der Waals surface area contributed by atoms with Crippen molar-refractivity contribution in [1.82, 2.24) is 0 Å². The summed E-state index contributed by atoms with van der Waals surface area (Å²) in [4.78, 5) is 0. The highest BCUT2D eigenvalue weighted by molar-refractivity contribution is 5.08. The molecular formula is C13H22N. The predicted molar refractivity (Wildman–Crippen MR) is 58.6 cm³/mol. The number of rotatable bonds is 2. The maximum atomic E-state index is 5.96. The molecule has 0 aromatic rings. The Labute approximate surface area is 87.4 Å². The number of hydrogen-bond acceptors (Lipinski definition) is 1. The van der Waals surface area contributed by atoms with Crippen LogP contribution >= 0.6 is 0 Å². The zero-order chi connectivity index (χ0) is 9.76. The Morgan fingerprint density at radius 1 is 1.07 bits per heavy atom. The van der Waals surface area contributed by atoms with Crippen LogP contribution in [-0.2, 0) is 0 Å². The van der Waals surface area contributed by atoms with E-state index in [4.69, 9.17) is 5.73 Å². The fourth-order valence-corrected chi connectivity index (χ4v) is 4.94. The minimum Gasteiger partial charge on any atom is -0.328 e. The average Bonchev–Trinajstić information content (AvgIpc) is 1.96. The van der Waals surface area contributed by atoms with E-state index >= 15 is 0 Å². The molecule has 0 heterocycles. The second kappa shape index (κ2) is 2.98. The fourth-order valence-electron chi connectivity index (χ4n) is 4.94. The van der Waals surface area contributed by atoms with Gasteiger partial charge in [0, 0.05) is 6.04 Å². The topological polar surface area (TPSA) is 26.0 Å². The fraction of sp³-hybridized carbons (Fsp3) is 0.923. The van der Waals surface area contributed by atoms with Gasteiger partial charge < -0.3 is 5.73 Å². The van der Waals surface area contributed by atoms with Gasteiger partial charge in [0.05, 0.1) is 0 Å². The van der Waals surface area contributed by atoms with Crippen LogP contribution < -0.4 is 5.73 Å². The molecule has 2 N–H and O–H groups in total. The molecule has 4 aliphatic rings. The summed E-state index contributed by atoms with van der Waals surface area (Å²) in [5, 5.41) is 0. The maximum Gasteiger partial charge on any atom is 0.00475 e. The first kappa shape index (κ1) is 9.21. The van der Waals surface area contributed by atoms with Gasteiger partial charge in [-0.1, -0.05) is 0 Å². The van der Waals surface area contributed by atoms with Crippen molar-refractivity contribution < 1.29 is 0 Å². The van der Waals surface area contributed by atoms with Crippen molar-refractivity contribution >= 4 is 0 Å². The van der Waals surface area contributed by atoms with E-state index in [1.807, 2.05) is 0 Å². The van der Waals surface area contributed by atoms with Gasteiger partial charge in [-0.15, -0.1) is 0 Å². The summed E-state index contributed by atoms with van der Waals surface area (Å²) in [5.74, 6) is 3.16. The zero-order valence-corrected chi connectivity index (χ0v) is 9.21. The van der Waals surface area contributed by atoms with Crippen LogP contribution in [-0.4, -0.2) is 6.04 Å². The van der Waals surface area contributed by atoms with E-state index in [1.165, 1.54) is 38.5 Å². The Balaban J connectivity index is 1.80. The molecule has 1 atom stereocenters. The van der Waals surface area contributed by atoms with Gasteiger partial charge in [-0.25, -0.2) is 0 Å². The van der Waals surface area contributed by atoms with E-state index < -0.39 is 0 Å². The summed E-state index contributed by atoms with van der Waals surface area (Å²) >= 11 is 0. The molecule has 79 valence electrons. The Kier molecular flexibility index (Phi) is 1.96. The third kappa shape index (κ3) is 1.41. The summed E-state index contributed by atoms with van der Waals surface area (Å²) in [6.45, 7) is 2.14. The molecule has 4 bridgehead atoms. The molecule has 0 spiro atoms. The quantitative estimate of drug-likeness (QED) is 0.715. The Bertz CT molecular complexity index is 190. The smallest absolute Gasteiger partial charge is 0.00475 e. The van der Waals surface area contributed by atoms with Crippen LogP contribution in [0.25, 0.3) is 0 Å². The molecule has 1 nitrogen and oxygen atoms in total. The van der Waals surface area contributed by atoms with Gasteiger partial charge in [-0.3, -0.25) is 0 Å². The van der Waals surface area contributed by atoms with Gasteiger partial charge in [0.25, 0.3) is 0 Å². The predicted octanol–water partition coefficient (Wildman–Crippen LogP) is 2.75. The molecule has 1 unspecified atom stereocenters. The lowest BCUT2D eigenvalue weighted by molar-refractivity contribution is -0.0353. The van der Waals surface area contributed by atoms with Crippen LogP contribution in [0.5, 0.6) is 0 Å². The van der Waals surface area contributed by atoms with Crippen molar-refractivity contribution in [2.45, 2.75) is 51.5 Å². The highest BCUT2D eigenvalue weighted by Gasteiger charge is 2.50. The van der Waals surface area contributed by atoms with Crippen LogP contribution in [0, 0.1) is 29.6 Å². The lowest BCUT2D eigenvalue weighted by Gasteiger charge is -2.57. The Hall–Kier alpha value is -0.0400. The summed E-state index contributed by atoms with van der Waals surface area (Å²) in [6.07, 6.45) is 11.5. The standard InChI is InChI=1S/C13H22N/c1-9(14)5-13-6-10-2-11(7-13)4-12(3-10)8-13/h5,9-12H,2-4,6-8,14H2,1H3. The van der Waals surface area contributed by atoms with E-state index in [2.05, 4.69) is 13.3 Å². The van der Waals surface area contributed by atoms with Crippen molar-refractivity contribution in [3.63, 3.8) is 0 Å². The van der Waals surface area contributed by atoms with Gasteiger partial charge >= 0.3 is 0 Å². The monoisotopic (exact) mass is 192 g/mol. The zero-order valence-electron chi connectivity index (χ0n) is 9.21. The van der Waals surface area contributed by atoms with Crippen LogP contribution in [0.1, 0.15) is 45.4 Å². The van der Waals surface area contributed by atoms with E-state index in [0.29, 0.717) is 11.5 Å². The molecule has 1 heteroatoms. The summed E-state index contributed by atoms with van der Waals surface area (Å²) in [7, 11) is 0. The van der Waals surface area contributed by atoms with E-state index in [1.54, 1.807) is 0 Å². The van der Waals surface area contributed by atoms with Crippen LogP contribution in [0.4, 0.5) is 0 Å². The van der Waals surface area contributed by atoms with E-state index in [9.17, 15) is 0 Å². The minimum atomic E-state index is 0.297. The summed E-state index contributed by atoms with van der Waals surface area (Å²) < 4.78 is 0. The first-order chi connectivity index (χ1) is 6.65. The highest BCUT2D eigenvalue weighted by Crippen LogP contribution is 2.61.